The minimum absolute atomic E-state index is 0.258. The van der Waals surface area contributed by atoms with E-state index in [1.165, 1.54) is 12.1 Å². The first-order chi connectivity index (χ1) is 8.49. The van der Waals surface area contributed by atoms with Gasteiger partial charge in [0, 0.05) is 13.6 Å². The highest BCUT2D eigenvalue weighted by molar-refractivity contribution is 5.63. The predicted octanol–water partition coefficient (Wildman–Crippen LogP) is 1.94. The zero-order chi connectivity index (χ0) is 13.3. The van der Waals surface area contributed by atoms with Gasteiger partial charge in [-0.15, -0.1) is 0 Å². The van der Waals surface area contributed by atoms with E-state index < -0.39 is 16.4 Å². The molecule has 0 unspecified atom stereocenters. The lowest BCUT2D eigenvalue weighted by molar-refractivity contribution is -0.386. The molecule has 0 saturated heterocycles. The van der Waals surface area contributed by atoms with Crippen molar-refractivity contribution in [3.05, 3.63) is 34.1 Å². The second-order valence-corrected chi connectivity index (χ2v) is 4.74. The number of nitro benzene ring substituents is 1. The first-order valence-electron chi connectivity index (χ1n) is 5.81. The molecule has 0 radical (unpaired) electrons. The van der Waals surface area contributed by atoms with Crippen LogP contribution in [0.4, 0.5) is 15.8 Å². The largest absolute Gasteiger partial charge is 0.393 e. The summed E-state index contributed by atoms with van der Waals surface area (Å²) < 4.78 is 13.4. The zero-order valence-corrected chi connectivity index (χ0v) is 10.0. The van der Waals surface area contributed by atoms with Gasteiger partial charge < -0.3 is 10.0 Å². The van der Waals surface area contributed by atoms with E-state index in [2.05, 4.69) is 0 Å². The minimum atomic E-state index is -0.821. The number of para-hydroxylation sites is 1. The minimum Gasteiger partial charge on any atom is -0.393 e. The Bertz CT molecular complexity index is 461. The summed E-state index contributed by atoms with van der Waals surface area (Å²) in [5, 5.41) is 20.1. The number of anilines is 1. The van der Waals surface area contributed by atoms with E-state index in [4.69, 9.17) is 0 Å². The van der Waals surface area contributed by atoms with Crippen molar-refractivity contribution in [1.29, 1.82) is 0 Å². The number of hydrogen-bond donors (Lipinski definition) is 1. The molecule has 1 aromatic rings. The molecule has 5 nitrogen and oxygen atoms in total. The molecule has 1 aliphatic rings. The van der Waals surface area contributed by atoms with Crippen LogP contribution in [0.1, 0.15) is 12.8 Å². The maximum Gasteiger partial charge on any atom is 0.327 e. The van der Waals surface area contributed by atoms with Crippen molar-refractivity contribution in [3.63, 3.8) is 0 Å². The Balaban J connectivity index is 2.16. The SMILES string of the molecule is CN(CC1CC(O)C1)c1cccc(F)c1[N+](=O)[O-]. The van der Waals surface area contributed by atoms with E-state index in [-0.39, 0.29) is 11.8 Å². The molecule has 1 saturated carbocycles. The van der Waals surface area contributed by atoms with Gasteiger partial charge in [-0.2, -0.15) is 4.39 Å². The van der Waals surface area contributed by atoms with Crippen LogP contribution in [0, 0.1) is 21.8 Å². The number of nitrogens with zero attached hydrogens (tertiary/aromatic N) is 2. The molecule has 1 N–H and O–H groups in total. The van der Waals surface area contributed by atoms with E-state index in [1.807, 2.05) is 0 Å². The maximum absolute atomic E-state index is 13.4. The molecule has 1 aliphatic carbocycles. The maximum atomic E-state index is 13.4. The van der Waals surface area contributed by atoms with Gasteiger partial charge in [-0.1, -0.05) is 6.07 Å². The van der Waals surface area contributed by atoms with Crippen LogP contribution in [0.3, 0.4) is 0 Å². The molecule has 0 spiro atoms. The predicted molar refractivity (Wildman–Crippen MR) is 65.1 cm³/mol. The lowest BCUT2D eigenvalue weighted by Gasteiger charge is -2.35. The van der Waals surface area contributed by atoms with Crippen molar-refractivity contribution >= 4 is 11.4 Å². The lowest BCUT2D eigenvalue weighted by atomic mass is 9.82. The highest BCUT2D eigenvalue weighted by atomic mass is 19.1. The normalized spacial score (nSPS) is 22.4. The van der Waals surface area contributed by atoms with Gasteiger partial charge in [0.2, 0.25) is 5.82 Å². The van der Waals surface area contributed by atoms with E-state index >= 15 is 0 Å². The van der Waals surface area contributed by atoms with E-state index in [1.54, 1.807) is 11.9 Å². The number of benzene rings is 1. The Morgan fingerprint density at radius 2 is 2.22 bits per heavy atom. The fraction of sp³-hybridized carbons (Fsp3) is 0.500. The fourth-order valence-corrected chi connectivity index (χ4v) is 2.33. The van der Waals surface area contributed by atoms with Gasteiger partial charge in [0.1, 0.15) is 5.69 Å². The van der Waals surface area contributed by atoms with Crippen LogP contribution in [0.25, 0.3) is 0 Å². The van der Waals surface area contributed by atoms with Crippen molar-refractivity contribution in [2.24, 2.45) is 5.92 Å². The molecule has 2 rings (SSSR count). The summed E-state index contributed by atoms with van der Waals surface area (Å²) in [6.45, 7) is 0.585. The summed E-state index contributed by atoms with van der Waals surface area (Å²) in [4.78, 5) is 11.8. The van der Waals surface area contributed by atoms with Crippen LogP contribution in [-0.2, 0) is 0 Å². The molecule has 0 amide bonds. The van der Waals surface area contributed by atoms with Crippen molar-refractivity contribution in [1.82, 2.24) is 0 Å². The third-order valence-corrected chi connectivity index (χ3v) is 3.30. The number of aliphatic hydroxyl groups is 1. The van der Waals surface area contributed by atoms with Crippen molar-refractivity contribution in [3.8, 4) is 0 Å². The molecule has 98 valence electrons. The Morgan fingerprint density at radius 1 is 1.56 bits per heavy atom. The first kappa shape index (κ1) is 12.8. The topological polar surface area (TPSA) is 66.6 Å². The summed E-state index contributed by atoms with van der Waals surface area (Å²) >= 11 is 0. The van der Waals surface area contributed by atoms with Crippen LogP contribution < -0.4 is 4.90 Å². The summed E-state index contributed by atoms with van der Waals surface area (Å²) in [6.07, 6.45) is 1.15. The molecule has 0 aliphatic heterocycles. The average molecular weight is 254 g/mol. The lowest BCUT2D eigenvalue weighted by Crippen LogP contribution is -2.37. The molecular weight excluding hydrogens is 239 g/mol. The van der Waals surface area contributed by atoms with Crippen LogP contribution in [0.15, 0.2) is 18.2 Å². The van der Waals surface area contributed by atoms with Gasteiger partial charge >= 0.3 is 5.69 Å². The van der Waals surface area contributed by atoms with Gasteiger partial charge in [-0.3, -0.25) is 10.1 Å². The second kappa shape index (κ2) is 4.89. The molecule has 1 aromatic carbocycles. The molecular formula is C12H15FN2O3. The third-order valence-electron chi connectivity index (χ3n) is 3.30. The highest BCUT2D eigenvalue weighted by Gasteiger charge is 2.30. The second-order valence-electron chi connectivity index (χ2n) is 4.74. The van der Waals surface area contributed by atoms with Crippen LogP contribution in [0.5, 0.6) is 0 Å². The van der Waals surface area contributed by atoms with E-state index in [0.29, 0.717) is 25.3 Å². The van der Waals surface area contributed by atoms with Crippen molar-refractivity contribution in [2.45, 2.75) is 18.9 Å². The smallest absolute Gasteiger partial charge is 0.327 e. The van der Waals surface area contributed by atoms with Gasteiger partial charge in [-0.25, -0.2) is 0 Å². The van der Waals surface area contributed by atoms with Crippen LogP contribution in [0.2, 0.25) is 0 Å². The number of nitro groups is 1. The summed E-state index contributed by atoms with van der Waals surface area (Å²) in [5.41, 5.74) is -0.207. The number of aliphatic hydroxyl groups excluding tert-OH is 1. The van der Waals surface area contributed by atoms with Gasteiger partial charge in [0.25, 0.3) is 0 Å². The Morgan fingerprint density at radius 3 is 2.78 bits per heavy atom. The quantitative estimate of drug-likeness (QED) is 0.658. The summed E-state index contributed by atoms with van der Waals surface area (Å²) in [6, 6.07) is 4.09. The molecule has 0 heterocycles. The Hall–Kier alpha value is -1.69. The Kier molecular flexibility index (Phi) is 3.47. The number of hydrogen-bond acceptors (Lipinski definition) is 4. The van der Waals surface area contributed by atoms with Crippen molar-refractivity contribution < 1.29 is 14.4 Å². The van der Waals surface area contributed by atoms with E-state index in [0.717, 1.165) is 6.07 Å². The molecule has 0 bridgehead atoms. The Labute approximate surface area is 104 Å². The monoisotopic (exact) mass is 254 g/mol. The number of rotatable bonds is 4. The van der Waals surface area contributed by atoms with Gasteiger partial charge in [0.05, 0.1) is 11.0 Å². The zero-order valence-electron chi connectivity index (χ0n) is 10.0. The summed E-state index contributed by atoms with van der Waals surface area (Å²) in [5.74, 6) is -0.508. The standard InChI is InChI=1S/C12H15FN2O3/c1-14(7-8-5-9(16)6-8)11-4-2-3-10(13)12(11)15(17)18/h2-4,8-9,16H,5-7H2,1H3. The molecule has 1 fully saturated rings. The highest BCUT2D eigenvalue weighted by Crippen LogP contribution is 2.33. The molecule has 0 atom stereocenters. The number of halogens is 1. The molecule has 0 aromatic heterocycles. The summed E-state index contributed by atoms with van der Waals surface area (Å²) in [7, 11) is 1.70. The first-order valence-corrected chi connectivity index (χ1v) is 5.81. The van der Waals surface area contributed by atoms with Crippen LogP contribution in [-0.4, -0.2) is 29.7 Å². The molecule has 6 heteroatoms. The van der Waals surface area contributed by atoms with Gasteiger partial charge in [0.15, 0.2) is 0 Å². The average Bonchev–Trinajstić information content (AvgIpc) is 2.26. The van der Waals surface area contributed by atoms with Crippen molar-refractivity contribution in [2.75, 3.05) is 18.5 Å². The van der Waals surface area contributed by atoms with Crippen LogP contribution >= 0.6 is 0 Å². The molecule has 18 heavy (non-hydrogen) atoms. The third kappa shape index (κ3) is 2.43. The van der Waals surface area contributed by atoms with E-state index in [9.17, 15) is 19.6 Å². The fourth-order valence-electron chi connectivity index (χ4n) is 2.33. The van der Waals surface area contributed by atoms with Gasteiger partial charge in [-0.05, 0) is 30.9 Å².